The van der Waals surface area contributed by atoms with Crippen molar-refractivity contribution in [2.75, 3.05) is 5.32 Å². The maximum atomic E-state index is 13.1. The highest BCUT2D eigenvalue weighted by Gasteiger charge is 2.12. The summed E-state index contributed by atoms with van der Waals surface area (Å²) in [6.07, 6.45) is 2.82. The van der Waals surface area contributed by atoms with Crippen molar-refractivity contribution in [2.45, 2.75) is 0 Å². The zero-order chi connectivity index (χ0) is 18.0. The van der Waals surface area contributed by atoms with Crippen molar-refractivity contribution in [3.8, 4) is 5.69 Å². The lowest BCUT2D eigenvalue weighted by Crippen LogP contribution is -2.11. The molecule has 0 aliphatic rings. The molecule has 1 amide bonds. The van der Waals surface area contributed by atoms with Gasteiger partial charge in [0, 0.05) is 24.0 Å². The van der Waals surface area contributed by atoms with Crippen LogP contribution in [-0.4, -0.2) is 20.6 Å². The average molecular weight is 361 g/mol. The number of non-ortho nitro benzene ring substituents is 1. The van der Waals surface area contributed by atoms with E-state index in [9.17, 15) is 19.3 Å². The molecule has 3 rings (SSSR count). The summed E-state index contributed by atoms with van der Waals surface area (Å²) in [7, 11) is 0. The van der Waals surface area contributed by atoms with Gasteiger partial charge in [0.05, 0.1) is 27.4 Å². The largest absolute Gasteiger partial charge is 0.322 e. The van der Waals surface area contributed by atoms with E-state index in [-0.39, 0.29) is 16.3 Å². The third kappa shape index (κ3) is 3.64. The van der Waals surface area contributed by atoms with Crippen LogP contribution in [0.3, 0.4) is 0 Å². The molecule has 0 saturated heterocycles. The SMILES string of the molecule is O=C(Nc1ccc(F)c(Cl)c1)c1cnn(-c2ccc([N+](=O)[O-])cc2)c1. The molecule has 9 heteroatoms. The number of amides is 1. The van der Waals surface area contributed by atoms with Crippen LogP contribution in [0.4, 0.5) is 15.8 Å². The van der Waals surface area contributed by atoms with Crippen molar-refractivity contribution in [1.82, 2.24) is 9.78 Å². The number of nitrogens with one attached hydrogen (secondary N) is 1. The van der Waals surface area contributed by atoms with Crippen molar-refractivity contribution in [2.24, 2.45) is 0 Å². The first-order valence-electron chi connectivity index (χ1n) is 7.00. The fraction of sp³-hybridized carbons (Fsp3) is 0. The summed E-state index contributed by atoms with van der Waals surface area (Å²) in [6, 6.07) is 9.57. The van der Waals surface area contributed by atoms with Crippen molar-refractivity contribution in [1.29, 1.82) is 0 Å². The van der Waals surface area contributed by atoms with Crippen LogP contribution in [-0.2, 0) is 0 Å². The number of carbonyl (C=O) groups is 1. The van der Waals surface area contributed by atoms with Crippen LogP contribution in [0.2, 0.25) is 5.02 Å². The summed E-state index contributed by atoms with van der Waals surface area (Å²) >= 11 is 5.67. The summed E-state index contributed by atoms with van der Waals surface area (Å²) < 4.78 is 14.5. The van der Waals surface area contributed by atoms with Crippen LogP contribution in [0.15, 0.2) is 54.9 Å². The lowest BCUT2D eigenvalue weighted by Gasteiger charge is -2.04. The highest BCUT2D eigenvalue weighted by atomic mass is 35.5. The Morgan fingerprint density at radius 1 is 1.24 bits per heavy atom. The van der Waals surface area contributed by atoms with E-state index < -0.39 is 16.6 Å². The molecule has 1 heterocycles. The first kappa shape index (κ1) is 16.6. The van der Waals surface area contributed by atoms with Gasteiger partial charge in [0.2, 0.25) is 0 Å². The second-order valence-corrected chi connectivity index (χ2v) is 5.44. The van der Waals surface area contributed by atoms with Crippen LogP contribution in [0, 0.1) is 15.9 Å². The first-order valence-corrected chi connectivity index (χ1v) is 7.38. The average Bonchev–Trinajstić information content (AvgIpc) is 3.08. The highest BCUT2D eigenvalue weighted by Crippen LogP contribution is 2.20. The minimum atomic E-state index is -0.578. The molecule has 0 spiro atoms. The van der Waals surface area contributed by atoms with Crippen LogP contribution in [0.5, 0.6) is 0 Å². The molecule has 3 aromatic rings. The second-order valence-electron chi connectivity index (χ2n) is 5.03. The number of nitrogens with zero attached hydrogens (tertiary/aromatic N) is 3. The summed E-state index contributed by atoms with van der Waals surface area (Å²) in [5.74, 6) is -1.03. The molecule has 126 valence electrons. The third-order valence-corrected chi connectivity index (χ3v) is 3.64. The fourth-order valence-corrected chi connectivity index (χ4v) is 2.27. The number of benzene rings is 2. The van der Waals surface area contributed by atoms with Gasteiger partial charge in [-0.15, -0.1) is 0 Å². The minimum absolute atomic E-state index is 0.0398. The predicted octanol–water partition coefficient (Wildman–Crippen LogP) is 3.83. The fourth-order valence-electron chi connectivity index (χ4n) is 2.09. The number of nitro groups is 1. The van der Waals surface area contributed by atoms with E-state index in [4.69, 9.17) is 11.6 Å². The molecule has 0 aliphatic carbocycles. The monoisotopic (exact) mass is 360 g/mol. The van der Waals surface area contributed by atoms with Gasteiger partial charge < -0.3 is 5.32 Å². The molecule has 0 atom stereocenters. The molecule has 0 fully saturated rings. The van der Waals surface area contributed by atoms with E-state index in [0.29, 0.717) is 11.4 Å². The Morgan fingerprint density at radius 2 is 1.96 bits per heavy atom. The van der Waals surface area contributed by atoms with E-state index in [1.54, 1.807) is 0 Å². The number of nitro benzene ring substituents is 1. The minimum Gasteiger partial charge on any atom is -0.322 e. The van der Waals surface area contributed by atoms with Crippen LogP contribution >= 0.6 is 11.6 Å². The van der Waals surface area contributed by atoms with Gasteiger partial charge in [0.25, 0.3) is 11.6 Å². The van der Waals surface area contributed by atoms with E-state index in [0.717, 1.165) is 6.07 Å². The maximum absolute atomic E-state index is 13.1. The van der Waals surface area contributed by atoms with Gasteiger partial charge in [0.1, 0.15) is 5.82 Å². The van der Waals surface area contributed by atoms with Gasteiger partial charge in [-0.05, 0) is 30.3 Å². The Hall–Kier alpha value is -3.26. The maximum Gasteiger partial charge on any atom is 0.269 e. The summed E-state index contributed by atoms with van der Waals surface area (Å²) in [5, 5.41) is 17.2. The van der Waals surface area contributed by atoms with E-state index in [1.165, 1.54) is 53.5 Å². The van der Waals surface area contributed by atoms with Crippen molar-refractivity contribution in [3.05, 3.63) is 81.4 Å². The number of carbonyl (C=O) groups excluding carboxylic acids is 1. The first-order chi connectivity index (χ1) is 11.9. The topological polar surface area (TPSA) is 90.1 Å². The van der Waals surface area contributed by atoms with Gasteiger partial charge in [-0.2, -0.15) is 5.10 Å². The molecule has 1 N–H and O–H groups in total. The Labute approximate surface area is 145 Å². The summed E-state index contributed by atoms with van der Waals surface area (Å²) in [5.41, 5.74) is 1.13. The Balaban J connectivity index is 1.77. The molecule has 25 heavy (non-hydrogen) atoms. The van der Waals surface area contributed by atoms with E-state index >= 15 is 0 Å². The summed E-state index contributed by atoms with van der Waals surface area (Å²) in [4.78, 5) is 22.4. The van der Waals surface area contributed by atoms with Gasteiger partial charge in [-0.3, -0.25) is 14.9 Å². The summed E-state index contributed by atoms with van der Waals surface area (Å²) in [6.45, 7) is 0. The smallest absolute Gasteiger partial charge is 0.269 e. The van der Waals surface area contributed by atoms with Crippen LogP contribution < -0.4 is 5.32 Å². The molecule has 1 aromatic heterocycles. The van der Waals surface area contributed by atoms with Gasteiger partial charge in [0.15, 0.2) is 0 Å². The highest BCUT2D eigenvalue weighted by molar-refractivity contribution is 6.31. The molecule has 2 aromatic carbocycles. The van der Waals surface area contributed by atoms with E-state index in [1.807, 2.05) is 0 Å². The van der Waals surface area contributed by atoms with Gasteiger partial charge in [-0.1, -0.05) is 11.6 Å². The zero-order valence-electron chi connectivity index (χ0n) is 12.5. The van der Waals surface area contributed by atoms with Gasteiger partial charge in [-0.25, -0.2) is 9.07 Å². The Morgan fingerprint density at radius 3 is 2.60 bits per heavy atom. The molecule has 0 radical (unpaired) electrons. The Bertz CT molecular complexity index is 956. The third-order valence-electron chi connectivity index (χ3n) is 3.35. The van der Waals surface area contributed by atoms with Crippen LogP contribution in [0.25, 0.3) is 5.69 Å². The standard InChI is InChI=1S/C16H10ClFN4O3/c17-14-7-11(1-6-15(14)18)20-16(23)10-8-19-21(9-10)12-2-4-13(5-3-12)22(24)25/h1-9H,(H,20,23). The number of aromatic nitrogens is 2. The number of hydrogen-bond acceptors (Lipinski definition) is 4. The molecular formula is C16H10ClFN4O3. The van der Waals surface area contributed by atoms with Crippen molar-refractivity contribution < 1.29 is 14.1 Å². The number of halogens is 2. The molecular weight excluding hydrogens is 351 g/mol. The molecule has 7 nitrogen and oxygen atoms in total. The number of rotatable bonds is 4. The van der Waals surface area contributed by atoms with Crippen molar-refractivity contribution >= 4 is 28.9 Å². The molecule has 0 saturated carbocycles. The zero-order valence-corrected chi connectivity index (χ0v) is 13.3. The number of anilines is 1. The van der Waals surface area contributed by atoms with Crippen LogP contribution in [0.1, 0.15) is 10.4 Å². The molecule has 0 bridgehead atoms. The van der Waals surface area contributed by atoms with Gasteiger partial charge >= 0.3 is 0 Å². The van der Waals surface area contributed by atoms with E-state index in [2.05, 4.69) is 10.4 Å². The number of hydrogen-bond donors (Lipinski definition) is 1. The Kier molecular flexibility index (Phi) is 4.44. The quantitative estimate of drug-likeness (QED) is 0.565. The normalized spacial score (nSPS) is 10.5. The lowest BCUT2D eigenvalue weighted by atomic mass is 10.2. The molecule has 0 unspecified atom stereocenters. The predicted molar refractivity (Wildman–Crippen MR) is 89.6 cm³/mol. The van der Waals surface area contributed by atoms with Crippen molar-refractivity contribution in [3.63, 3.8) is 0 Å². The second kappa shape index (κ2) is 6.70. The lowest BCUT2D eigenvalue weighted by molar-refractivity contribution is -0.384. The molecule has 0 aliphatic heterocycles.